The number of morpholine rings is 1. The van der Waals surface area contributed by atoms with Gasteiger partial charge < -0.3 is 9.30 Å². The minimum atomic E-state index is -4.61. The third-order valence-corrected chi connectivity index (χ3v) is 8.26. The van der Waals surface area contributed by atoms with Gasteiger partial charge in [-0.25, -0.2) is 4.79 Å². The number of aromatic nitrogens is 5. The van der Waals surface area contributed by atoms with Crippen LogP contribution < -0.4 is 5.69 Å². The number of rotatable bonds is 7. The highest BCUT2D eigenvalue weighted by Crippen LogP contribution is 2.39. The first kappa shape index (κ1) is 26.8. The Balaban J connectivity index is 1.40. The minimum absolute atomic E-state index is 0.00492. The highest BCUT2D eigenvalue weighted by atomic mass is 19.4. The smallest absolute Gasteiger partial charge is 0.376 e. The summed E-state index contributed by atoms with van der Waals surface area (Å²) < 4.78 is 52.6. The lowest BCUT2D eigenvalue weighted by Crippen LogP contribution is -2.40. The van der Waals surface area contributed by atoms with Gasteiger partial charge in [-0.05, 0) is 48.6 Å². The van der Waals surface area contributed by atoms with Crippen LogP contribution in [0.5, 0.6) is 0 Å². The third kappa shape index (κ3) is 5.19. The zero-order chi connectivity index (χ0) is 28.0. The Morgan fingerprint density at radius 2 is 2.00 bits per heavy atom. The molecule has 11 heteroatoms. The van der Waals surface area contributed by atoms with E-state index in [2.05, 4.69) is 15.1 Å². The van der Waals surface area contributed by atoms with Crippen molar-refractivity contribution in [1.29, 1.82) is 0 Å². The van der Waals surface area contributed by atoms with E-state index >= 15 is 0 Å². The summed E-state index contributed by atoms with van der Waals surface area (Å²) in [5.41, 5.74) is 0.389. The Morgan fingerprint density at radius 1 is 1.18 bits per heavy atom. The normalized spacial score (nSPS) is 19.7. The molecule has 0 bridgehead atoms. The van der Waals surface area contributed by atoms with E-state index in [9.17, 15) is 18.0 Å². The number of aryl methyl sites for hydroxylation is 1. The molecule has 40 heavy (non-hydrogen) atoms. The molecule has 2 aliphatic rings. The number of imidazole rings is 1. The van der Waals surface area contributed by atoms with Crippen molar-refractivity contribution in [2.75, 3.05) is 19.7 Å². The molecule has 1 unspecified atom stereocenters. The van der Waals surface area contributed by atoms with Crippen molar-refractivity contribution < 1.29 is 17.9 Å². The van der Waals surface area contributed by atoms with Crippen molar-refractivity contribution in [3.05, 3.63) is 82.1 Å². The van der Waals surface area contributed by atoms with Gasteiger partial charge in [-0.15, -0.1) is 10.2 Å². The molecule has 4 aromatic rings. The number of nitrogens with zero attached hydrogens (tertiary/aromatic N) is 6. The van der Waals surface area contributed by atoms with E-state index in [4.69, 9.17) is 4.74 Å². The van der Waals surface area contributed by atoms with Crippen LogP contribution in [0.2, 0.25) is 0 Å². The molecule has 1 aliphatic heterocycles. The van der Waals surface area contributed by atoms with Crippen LogP contribution in [0.1, 0.15) is 61.0 Å². The summed E-state index contributed by atoms with van der Waals surface area (Å²) in [6.07, 6.45) is 4.37. The summed E-state index contributed by atoms with van der Waals surface area (Å²) in [6.45, 7) is 4.02. The molecule has 0 amide bonds. The van der Waals surface area contributed by atoms with Crippen LogP contribution in [0, 0.1) is 5.92 Å². The van der Waals surface area contributed by atoms with Crippen molar-refractivity contribution in [2.45, 2.75) is 57.3 Å². The second-order valence-corrected chi connectivity index (χ2v) is 11.2. The largest absolute Gasteiger partial charge is 0.418 e. The summed E-state index contributed by atoms with van der Waals surface area (Å²) in [7, 11) is 1.91. The van der Waals surface area contributed by atoms with Crippen LogP contribution >= 0.6 is 0 Å². The first-order valence-electron chi connectivity index (χ1n) is 13.8. The molecule has 8 nitrogen and oxygen atoms in total. The monoisotopic (exact) mass is 554 g/mol. The topological polar surface area (TPSA) is 69.6 Å². The van der Waals surface area contributed by atoms with Crippen LogP contribution in [0.15, 0.2) is 53.8 Å². The molecule has 1 aliphatic carbocycles. The van der Waals surface area contributed by atoms with E-state index in [0.29, 0.717) is 43.4 Å². The predicted octanol–water partition coefficient (Wildman–Crippen LogP) is 4.78. The van der Waals surface area contributed by atoms with Gasteiger partial charge in [0.2, 0.25) is 0 Å². The highest BCUT2D eigenvalue weighted by Gasteiger charge is 2.35. The number of benzene rings is 1. The van der Waals surface area contributed by atoms with Gasteiger partial charge in [0.15, 0.2) is 0 Å². The Kier molecular flexibility index (Phi) is 7.03. The number of pyridine rings is 1. The summed E-state index contributed by atoms with van der Waals surface area (Å²) in [5, 5.41) is 8.43. The first-order chi connectivity index (χ1) is 19.2. The SMILES string of the molecule is C[C@@H]1CN(Cc2cc(C(F)(F)F)c3cn(-c4cccc(C(CC5CCC5)c5nncn5C)c4)c(=O)n3c2)CCO1. The van der Waals surface area contributed by atoms with Crippen LogP contribution in [-0.2, 0) is 24.5 Å². The maximum absolute atomic E-state index is 14.2. The number of fused-ring (bicyclic) bond motifs is 1. The van der Waals surface area contributed by atoms with Gasteiger partial charge in [-0.3, -0.25) is 13.9 Å². The quantitative estimate of drug-likeness (QED) is 0.329. The van der Waals surface area contributed by atoms with Crippen LogP contribution in [0.3, 0.4) is 0 Å². The van der Waals surface area contributed by atoms with Crippen LogP contribution in [0.25, 0.3) is 11.2 Å². The zero-order valence-corrected chi connectivity index (χ0v) is 22.6. The number of hydrogen-bond donors (Lipinski definition) is 0. The molecule has 3 aromatic heterocycles. The Labute approximate surface area is 230 Å². The molecule has 212 valence electrons. The molecule has 0 radical (unpaired) electrons. The second kappa shape index (κ2) is 10.5. The lowest BCUT2D eigenvalue weighted by molar-refractivity contribution is -0.136. The molecule has 1 saturated carbocycles. The van der Waals surface area contributed by atoms with Gasteiger partial charge in [0.05, 0.1) is 29.5 Å². The molecular formula is C29H33F3N6O2. The average Bonchev–Trinajstić information content (AvgIpc) is 3.45. The predicted molar refractivity (Wildman–Crippen MR) is 143 cm³/mol. The zero-order valence-electron chi connectivity index (χ0n) is 22.6. The molecule has 4 heterocycles. The van der Waals surface area contributed by atoms with E-state index < -0.39 is 17.4 Å². The minimum Gasteiger partial charge on any atom is -0.376 e. The number of halogens is 3. The fourth-order valence-electron chi connectivity index (χ4n) is 5.99. The lowest BCUT2D eigenvalue weighted by Gasteiger charge is -2.31. The van der Waals surface area contributed by atoms with E-state index in [1.807, 2.05) is 36.7 Å². The second-order valence-electron chi connectivity index (χ2n) is 11.2. The van der Waals surface area contributed by atoms with Gasteiger partial charge in [-0.2, -0.15) is 13.2 Å². The van der Waals surface area contributed by atoms with Crippen LogP contribution in [-0.4, -0.2) is 54.4 Å². The maximum atomic E-state index is 14.2. The van der Waals surface area contributed by atoms with Crippen molar-refractivity contribution in [3.63, 3.8) is 0 Å². The van der Waals surface area contributed by atoms with Gasteiger partial charge in [-0.1, -0.05) is 31.4 Å². The van der Waals surface area contributed by atoms with E-state index in [-0.39, 0.29) is 17.5 Å². The summed E-state index contributed by atoms with van der Waals surface area (Å²) in [4.78, 5) is 15.7. The molecule has 6 rings (SSSR count). The molecule has 2 atom stereocenters. The van der Waals surface area contributed by atoms with E-state index in [0.717, 1.165) is 22.2 Å². The molecule has 0 spiro atoms. The van der Waals surface area contributed by atoms with E-state index in [1.165, 1.54) is 42.3 Å². The number of alkyl halides is 3. The highest BCUT2D eigenvalue weighted by molar-refractivity contribution is 5.58. The molecule has 1 saturated heterocycles. The van der Waals surface area contributed by atoms with Crippen molar-refractivity contribution in [3.8, 4) is 5.69 Å². The molecule has 1 aromatic carbocycles. The van der Waals surface area contributed by atoms with Crippen LogP contribution in [0.4, 0.5) is 13.2 Å². The van der Waals surface area contributed by atoms with Gasteiger partial charge in [0.1, 0.15) is 12.2 Å². The Morgan fingerprint density at radius 3 is 2.67 bits per heavy atom. The van der Waals surface area contributed by atoms with Crippen molar-refractivity contribution in [1.82, 2.24) is 28.6 Å². The van der Waals surface area contributed by atoms with Gasteiger partial charge >= 0.3 is 11.9 Å². The third-order valence-electron chi connectivity index (χ3n) is 8.26. The van der Waals surface area contributed by atoms with Crippen molar-refractivity contribution in [2.24, 2.45) is 13.0 Å². The van der Waals surface area contributed by atoms with Gasteiger partial charge in [0, 0.05) is 45.0 Å². The summed E-state index contributed by atoms with van der Waals surface area (Å²) in [5.74, 6) is 1.39. The number of hydrogen-bond acceptors (Lipinski definition) is 5. The Bertz CT molecular complexity index is 1570. The standard InChI is InChI=1S/C29H33F3N6O2/c1-19-14-36(9-10-40-19)15-21-12-25(29(30,31)32)26-17-37(28(39)38(26)16-21)23-8-4-7-22(13-23)24(11-20-5-3-6-20)27-34-33-18-35(27)2/h4,7-8,12-13,16-20,24H,3,5-6,9-11,14-15H2,1-2H3/t19-,24?/m1/s1. The Hall–Kier alpha value is -3.44. The van der Waals surface area contributed by atoms with Gasteiger partial charge in [0.25, 0.3) is 0 Å². The fourth-order valence-corrected chi connectivity index (χ4v) is 5.99. The first-order valence-corrected chi connectivity index (χ1v) is 13.8. The summed E-state index contributed by atoms with van der Waals surface area (Å²) >= 11 is 0. The summed E-state index contributed by atoms with van der Waals surface area (Å²) in [6, 6.07) is 8.65. The number of ether oxygens (including phenoxy) is 1. The van der Waals surface area contributed by atoms with Crippen molar-refractivity contribution >= 4 is 5.52 Å². The molecule has 0 N–H and O–H groups in total. The molecular weight excluding hydrogens is 521 g/mol. The fraction of sp³-hybridized carbons (Fsp3) is 0.483. The maximum Gasteiger partial charge on any atom is 0.418 e. The van der Waals surface area contributed by atoms with E-state index in [1.54, 1.807) is 12.4 Å². The average molecular weight is 555 g/mol. The molecule has 2 fully saturated rings. The lowest BCUT2D eigenvalue weighted by atomic mass is 9.77.